The van der Waals surface area contributed by atoms with Crippen molar-refractivity contribution in [2.75, 3.05) is 5.75 Å². The minimum atomic E-state index is -0.0522. The van der Waals surface area contributed by atoms with E-state index in [9.17, 15) is 4.79 Å². The molecule has 0 radical (unpaired) electrons. The minimum Gasteiger partial charge on any atom is -0.279 e. The molecule has 3 heterocycles. The van der Waals surface area contributed by atoms with Crippen LogP contribution < -0.4 is 5.56 Å². The second-order valence-electron chi connectivity index (χ2n) is 5.97. The average Bonchev–Trinajstić information content (AvgIpc) is 3.23. The van der Waals surface area contributed by atoms with Gasteiger partial charge < -0.3 is 0 Å². The third-order valence-electron chi connectivity index (χ3n) is 4.20. The van der Waals surface area contributed by atoms with Gasteiger partial charge in [0.25, 0.3) is 5.56 Å². The van der Waals surface area contributed by atoms with Crippen LogP contribution in [-0.4, -0.2) is 34.7 Å². The molecular weight excluding hydrogens is 336 g/mol. The molecule has 0 aliphatic carbocycles. The summed E-state index contributed by atoms with van der Waals surface area (Å²) in [5, 5.41) is 14.2. The fourth-order valence-electron chi connectivity index (χ4n) is 2.95. The van der Waals surface area contributed by atoms with Crippen molar-refractivity contribution >= 4 is 28.4 Å². The standard InChI is InChI=1S/C17H18N6OS/c1-21-11-12(10-18-21)6-5-9-25-17-20-19-16-22(2)15(24)13-7-3-4-8-14(13)23(16)17/h3-4,7-8,10-11H,5-6,9H2,1-2H3. The van der Waals surface area contributed by atoms with Gasteiger partial charge in [-0.15, -0.1) is 10.2 Å². The number of rotatable bonds is 5. The number of hydrogen-bond donors (Lipinski definition) is 0. The molecule has 0 bridgehead atoms. The maximum Gasteiger partial charge on any atom is 0.262 e. The second-order valence-corrected chi connectivity index (χ2v) is 7.04. The maximum atomic E-state index is 12.4. The lowest BCUT2D eigenvalue weighted by Gasteiger charge is -2.07. The van der Waals surface area contributed by atoms with Gasteiger partial charge in [0.05, 0.1) is 17.1 Å². The van der Waals surface area contributed by atoms with Crippen molar-refractivity contribution < 1.29 is 0 Å². The van der Waals surface area contributed by atoms with E-state index >= 15 is 0 Å². The lowest BCUT2D eigenvalue weighted by atomic mass is 10.2. The van der Waals surface area contributed by atoms with Crippen LogP contribution in [0, 0.1) is 0 Å². The third kappa shape index (κ3) is 2.82. The van der Waals surface area contributed by atoms with Gasteiger partial charge in [0.15, 0.2) is 5.16 Å². The van der Waals surface area contributed by atoms with Gasteiger partial charge in [0.2, 0.25) is 5.78 Å². The zero-order valence-electron chi connectivity index (χ0n) is 14.1. The summed E-state index contributed by atoms with van der Waals surface area (Å²) in [5.41, 5.74) is 2.03. The Morgan fingerprint density at radius 3 is 2.80 bits per heavy atom. The first-order valence-corrected chi connectivity index (χ1v) is 9.07. The predicted molar refractivity (Wildman–Crippen MR) is 98.0 cm³/mol. The minimum absolute atomic E-state index is 0.0522. The first-order chi connectivity index (χ1) is 12.1. The van der Waals surface area contributed by atoms with E-state index < -0.39 is 0 Å². The summed E-state index contributed by atoms with van der Waals surface area (Å²) in [5.74, 6) is 1.49. The predicted octanol–water partition coefficient (Wildman–Crippen LogP) is 2.04. The van der Waals surface area contributed by atoms with Gasteiger partial charge in [-0.1, -0.05) is 23.9 Å². The molecule has 0 N–H and O–H groups in total. The van der Waals surface area contributed by atoms with Crippen molar-refractivity contribution in [1.29, 1.82) is 0 Å². The summed E-state index contributed by atoms with van der Waals surface area (Å²) in [7, 11) is 3.66. The fourth-order valence-corrected chi connectivity index (χ4v) is 3.82. The molecule has 0 amide bonds. The van der Waals surface area contributed by atoms with Crippen LogP contribution in [0.1, 0.15) is 12.0 Å². The number of nitrogens with zero attached hydrogens (tertiary/aromatic N) is 6. The molecule has 0 saturated carbocycles. The van der Waals surface area contributed by atoms with Crippen molar-refractivity contribution in [3.63, 3.8) is 0 Å². The van der Waals surface area contributed by atoms with Crippen LogP contribution in [0.3, 0.4) is 0 Å². The van der Waals surface area contributed by atoms with Crippen molar-refractivity contribution in [2.24, 2.45) is 14.1 Å². The highest BCUT2D eigenvalue weighted by atomic mass is 32.2. The van der Waals surface area contributed by atoms with Gasteiger partial charge in [-0.2, -0.15) is 5.10 Å². The number of aromatic nitrogens is 6. The molecule has 1 aromatic carbocycles. The number of para-hydroxylation sites is 1. The van der Waals surface area contributed by atoms with Gasteiger partial charge in [0.1, 0.15) is 0 Å². The molecule has 0 aliphatic heterocycles. The Kier molecular flexibility index (Phi) is 4.04. The average molecular weight is 354 g/mol. The maximum absolute atomic E-state index is 12.4. The Hall–Kier alpha value is -2.61. The van der Waals surface area contributed by atoms with Crippen LogP contribution in [0.5, 0.6) is 0 Å². The van der Waals surface area contributed by atoms with Gasteiger partial charge >= 0.3 is 0 Å². The van der Waals surface area contributed by atoms with Crippen LogP contribution in [0.2, 0.25) is 0 Å². The van der Waals surface area contributed by atoms with Crippen molar-refractivity contribution in [3.05, 3.63) is 52.6 Å². The summed E-state index contributed by atoms with van der Waals surface area (Å²) < 4.78 is 5.33. The summed E-state index contributed by atoms with van der Waals surface area (Å²) in [6.07, 6.45) is 5.95. The lowest BCUT2D eigenvalue weighted by Crippen LogP contribution is -2.20. The smallest absolute Gasteiger partial charge is 0.262 e. The lowest BCUT2D eigenvalue weighted by molar-refractivity contribution is 0.766. The Balaban J connectivity index is 1.61. The quantitative estimate of drug-likeness (QED) is 0.405. The Morgan fingerprint density at radius 1 is 1.16 bits per heavy atom. The summed E-state index contributed by atoms with van der Waals surface area (Å²) >= 11 is 1.66. The SMILES string of the molecule is Cn1cc(CCCSc2nnc3n(C)c(=O)c4ccccc4n23)cn1. The molecule has 0 aliphatic rings. The van der Waals surface area contributed by atoms with Crippen molar-refractivity contribution in [2.45, 2.75) is 18.0 Å². The number of fused-ring (bicyclic) bond motifs is 3. The van der Waals surface area contributed by atoms with Gasteiger partial charge in [-0.05, 0) is 30.5 Å². The van der Waals surface area contributed by atoms with E-state index in [4.69, 9.17) is 0 Å². The topological polar surface area (TPSA) is 70.0 Å². The number of benzene rings is 1. The van der Waals surface area contributed by atoms with E-state index in [-0.39, 0.29) is 5.56 Å². The van der Waals surface area contributed by atoms with E-state index in [1.807, 2.05) is 52.8 Å². The molecule has 0 atom stereocenters. The molecule has 3 aromatic heterocycles. The molecule has 128 valence electrons. The first kappa shape index (κ1) is 15.9. The third-order valence-corrected chi connectivity index (χ3v) is 5.21. The van der Waals surface area contributed by atoms with Crippen LogP contribution in [0.15, 0.2) is 46.6 Å². The Morgan fingerprint density at radius 2 is 2.00 bits per heavy atom. The fraction of sp³-hybridized carbons (Fsp3) is 0.294. The molecule has 4 aromatic rings. The molecule has 7 nitrogen and oxygen atoms in total. The first-order valence-electron chi connectivity index (χ1n) is 8.08. The highest BCUT2D eigenvalue weighted by molar-refractivity contribution is 7.99. The second kappa shape index (κ2) is 6.36. The van der Waals surface area contributed by atoms with E-state index in [0.29, 0.717) is 11.2 Å². The van der Waals surface area contributed by atoms with Gasteiger partial charge in [-0.3, -0.25) is 18.4 Å². The van der Waals surface area contributed by atoms with Gasteiger partial charge in [-0.25, -0.2) is 0 Å². The van der Waals surface area contributed by atoms with E-state index in [0.717, 1.165) is 29.3 Å². The zero-order chi connectivity index (χ0) is 17.4. The monoisotopic (exact) mass is 354 g/mol. The van der Waals surface area contributed by atoms with Crippen LogP contribution in [0.4, 0.5) is 0 Å². The molecule has 8 heteroatoms. The molecule has 0 unspecified atom stereocenters. The Labute approximate surface area is 148 Å². The van der Waals surface area contributed by atoms with Crippen LogP contribution in [-0.2, 0) is 20.5 Å². The molecule has 0 fully saturated rings. The molecule has 0 spiro atoms. The molecule has 4 rings (SSSR count). The molecular formula is C17H18N6OS. The van der Waals surface area contributed by atoms with E-state index in [1.165, 1.54) is 5.56 Å². The molecule has 25 heavy (non-hydrogen) atoms. The van der Waals surface area contributed by atoms with Crippen molar-refractivity contribution in [3.8, 4) is 0 Å². The van der Waals surface area contributed by atoms with Gasteiger partial charge in [0, 0.05) is 26.0 Å². The highest BCUT2D eigenvalue weighted by Gasteiger charge is 2.14. The highest BCUT2D eigenvalue weighted by Crippen LogP contribution is 2.22. The molecule has 0 saturated heterocycles. The number of hydrogen-bond acceptors (Lipinski definition) is 5. The van der Waals surface area contributed by atoms with Crippen molar-refractivity contribution in [1.82, 2.24) is 28.9 Å². The summed E-state index contributed by atoms with van der Waals surface area (Å²) in [6, 6.07) is 7.58. The van der Waals surface area contributed by atoms with E-state index in [2.05, 4.69) is 15.3 Å². The summed E-state index contributed by atoms with van der Waals surface area (Å²) in [4.78, 5) is 12.4. The number of aryl methyl sites for hydroxylation is 3. The van der Waals surface area contributed by atoms with E-state index in [1.54, 1.807) is 23.4 Å². The Bertz CT molecular complexity index is 1110. The zero-order valence-corrected chi connectivity index (χ0v) is 14.9. The number of thioether (sulfide) groups is 1. The normalized spacial score (nSPS) is 11.6. The summed E-state index contributed by atoms with van der Waals surface area (Å²) in [6.45, 7) is 0. The van der Waals surface area contributed by atoms with Crippen LogP contribution >= 0.6 is 11.8 Å². The largest absolute Gasteiger partial charge is 0.279 e. The van der Waals surface area contributed by atoms with Crippen LogP contribution in [0.25, 0.3) is 16.7 Å².